The van der Waals surface area contributed by atoms with Crippen molar-refractivity contribution in [1.82, 2.24) is 14.8 Å². The van der Waals surface area contributed by atoms with Crippen LogP contribution < -0.4 is 0 Å². The number of unbranched alkanes of at least 4 members (excludes halogenated alkanes) is 1. The topological polar surface area (TPSA) is 19.4 Å². The molecule has 0 saturated heterocycles. The number of thiazole rings is 1. The first kappa shape index (κ1) is 17.9. The molecule has 3 nitrogen and oxygen atoms in total. The normalized spacial score (nSPS) is 11.7. The molecular weight excluding hydrogens is 290 g/mol. The number of halogens is 1. The summed E-state index contributed by atoms with van der Waals surface area (Å²) in [6.07, 6.45) is 4.83. The molecule has 0 radical (unpaired) electrons. The number of alkyl halides is 1. The van der Waals surface area contributed by atoms with Crippen LogP contribution in [0.5, 0.6) is 0 Å². The minimum atomic E-state index is 0.534. The predicted molar refractivity (Wildman–Crippen MR) is 89.9 cm³/mol. The van der Waals surface area contributed by atoms with E-state index in [9.17, 15) is 0 Å². The number of hydrogen-bond donors (Lipinski definition) is 0. The first-order valence-corrected chi connectivity index (χ1v) is 8.93. The van der Waals surface area contributed by atoms with Gasteiger partial charge < -0.3 is 9.80 Å². The van der Waals surface area contributed by atoms with Crippen molar-refractivity contribution in [1.29, 1.82) is 0 Å². The van der Waals surface area contributed by atoms with Gasteiger partial charge in [0.2, 0.25) is 0 Å². The summed E-state index contributed by atoms with van der Waals surface area (Å²) >= 11 is 7.51. The van der Waals surface area contributed by atoms with E-state index in [1.54, 1.807) is 11.3 Å². The highest BCUT2D eigenvalue weighted by atomic mass is 35.5. The smallest absolute Gasteiger partial charge is 0.0928 e. The molecule has 0 N–H and O–H groups in total. The number of aromatic nitrogens is 1. The van der Waals surface area contributed by atoms with E-state index in [0.29, 0.717) is 5.88 Å². The Bertz CT molecular complexity index is 355. The minimum absolute atomic E-state index is 0.534. The number of hydrogen-bond acceptors (Lipinski definition) is 4. The second-order valence-corrected chi connectivity index (χ2v) is 6.62. The van der Waals surface area contributed by atoms with Gasteiger partial charge in [0.1, 0.15) is 0 Å². The summed E-state index contributed by atoms with van der Waals surface area (Å²) in [5.41, 5.74) is 1.02. The van der Waals surface area contributed by atoms with Gasteiger partial charge in [0.05, 0.1) is 16.6 Å². The van der Waals surface area contributed by atoms with Crippen LogP contribution in [0.1, 0.15) is 36.9 Å². The van der Waals surface area contributed by atoms with E-state index in [1.807, 2.05) is 0 Å². The van der Waals surface area contributed by atoms with Gasteiger partial charge >= 0.3 is 0 Å². The SMILES string of the molecule is CCN(CCCCc1nc(CCl)cs1)CCCN(C)C. The molecule has 0 fully saturated rings. The summed E-state index contributed by atoms with van der Waals surface area (Å²) < 4.78 is 0. The molecule has 0 atom stereocenters. The fourth-order valence-electron chi connectivity index (χ4n) is 2.18. The summed E-state index contributed by atoms with van der Waals surface area (Å²) in [6.45, 7) is 7.00. The second kappa shape index (κ2) is 10.6. The quantitative estimate of drug-likeness (QED) is 0.460. The Balaban J connectivity index is 2.11. The molecule has 5 heteroatoms. The molecule has 0 aliphatic carbocycles. The Kier molecular flexibility index (Phi) is 9.44. The summed E-state index contributed by atoms with van der Waals surface area (Å²) in [5.74, 6) is 0.534. The van der Waals surface area contributed by atoms with Crippen molar-refractivity contribution in [3.05, 3.63) is 16.1 Å². The zero-order valence-electron chi connectivity index (χ0n) is 13.1. The maximum absolute atomic E-state index is 5.77. The lowest BCUT2D eigenvalue weighted by Gasteiger charge is -2.21. The molecule has 0 saturated carbocycles. The van der Waals surface area contributed by atoms with Gasteiger partial charge in [0.25, 0.3) is 0 Å². The van der Waals surface area contributed by atoms with Gasteiger partial charge in [-0.05, 0) is 66.0 Å². The zero-order valence-corrected chi connectivity index (χ0v) is 14.6. The molecular formula is C15H28ClN3S. The average molecular weight is 318 g/mol. The van der Waals surface area contributed by atoms with Gasteiger partial charge in [-0.25, -0.2) is 4.98 Å². The standard InChI is InChI=1S/C15H28ClN3S/c1-4-19(11-7-9-18(2)3)10-6-5-8-15-17-14(12-16)13-20-15/h13H,4-12H2,1-3H3. The van der Waals surface area contributed by atoms with Crippen molar-refractivity contribution in [3.8, 4) is 0 Å². The van der Waals surface area contributed by atoms with Crippen LogP contribution in [0.15, 0.2) is 5.38 Å². The molecule has 1 aromatic heterocycles. The lowest BCUT2D eigenvalue weighted by molar-refractivity contribution is 0.262. The third-order valence-electron chi connectivity index (χ3n) is 3.38. The van der Waals surface area contributed by atoms with Gasteiger partial charge in [-0.3, -0.25) is 0 Å². The summed E-state index contributed by atoms with van der Waals surface area (Å²) in [6, 6.07) is 0. The molecule has 0 unspecified atom stereocenters. The van der Waals surface area contributed by atoms with Crippen molar-refractivity contribution >= 4 is 22.9 Å². The monoisotopic (exact) mass is 317 g/mol. The molecule has 0 aliphatic rings. The predicted octanol–water partition coefficient (Wildman–Crippen LogP) is 3.48. The van der Waals surface area contributed by atoms with Crippen LogP contribution >= 0.6 is 22.9 Å². The van der Waals surface area contributed by atoms with E-state index in [4.69, 9.17) is 11.6 Å². The van der Waals surface area contributed by atoms with E-state index in [2.05, 4.69) is 41.2 Å². The Morgan fingerprint density at radius 2 is 1.90 bits per heavy atom. The van der Waals surface area contributed by atoms with Gasteiger partial charge in [0.15, 0.2) is 0 Å². The highest BCUT2D eigenvalue weighted by Crippen LogP contribution is 2.14. The lowest BCUT2D eigenvalue weighted by Crippen LogP contribution is -2.28. The van der Waals surface area contributed by atoms with E-state index in [-0.39, 0.29) is 0 Å². The highest BCUT2D eigenvalue weighted by Gasteiger charge is 2.04. The van der Waals surface area contributed by atoms with Crippen LogP contribution in [-0.2, 0) is 12.3 Å². The van der Waals surface area contributed by atoms with Crippen molar-refractivity contribution in [2.24, 2.45) is 0 Å². The maximum atomic E-state index is 5.77. The van der Waals surface area contributed by atoms with Crippen molar-refractivity contribution in [2.75, 3.05) is 40.3 Å². The average Bonchev–Trinajstić information content (AvgIpc) is 2.89. The fraction of sp³-hybridized carbons (Fsp3) is 0.800. The minimum Gasteiger partial charge on any atom is -0.309 e. The fourth-order valence-corrected chi connectivity index (χ4v) is 3.24. The Labute approximate surface area is 132 Å². The number of aryl methyl sites for hydroxylation is 1. The Morgan fingerprint density at radius 3 is 2.50 bits per heavy atom. The van der Waals surface area contributed by atoms with E-state index >= 15 is 0 Å². The molecule has 0 aromatic carbocycles. The van der Waals surface area contributed by atoms with Crippen LogP contribution in [-0.4, -0.2) is 55.1 Å². The highest BCUT2D eigenvalue weighted by molar-refractivity contribution is 7.09. The van der Waals surface area contributed by atoms with Crippen molar-refractivity contribution in [3.63, 3.8) is 0 Å². The first-order chi connectivity index (χ1) is 9.65. The van der Waals surface area contributed by atoms with Gasteiger partial charge in [-0.1, -0.05) is 6.92 Å². The number of nitrogens with zero attached hydrogens (tertiary/aromatic N) is 3. The van der Waals surface area contributed by atoms with Gasteiger partial charge in [0, 0.05) is 5.38 Å². The molecule has 0 aliphatic heterocycles. The van der Waals surface area contributed by atoms with Crippen LogP contribution in [0.3, 0.4) is 0 Å². The third kappa shape index (κ3) is 7.58. The molecule has 0 bridgehead atoms. The van der Waals surface area contributed by atoms with Gasteiger partial charge in [-0.15, -0.1) is 22.9 Å². The van der Waals surface area contributed by atoms with Crippen molar-refractivity contribution < 1.29 is 0 Å². The van der Waals surface area contributed by atoms with E-state index in [1.165, 1.54) is 43.9 Å². The Morgan fingerprint density at radius 1 is 1.15 bits per heavy atom. The molecule has 116 valence electrons. The third-order valence-corrected chi connectivity index (χ3v) is 4.61. The molecule has 1 aromatic rings. The van der Waals surface area contributed by atoms with Crippen molar-refractivity contribution in [2.45, 2.75) is 38.5 Å². The van der Waals surface area contributed by atoms with Crippen LogP contribution in [0.2, 0.25) is 0 Å². The van der Waals surface area contributed by atoms with Crippen LogP contribution in [0.4, 0.5) is 0 Å². The van der Waals surface area contributed by atoms with Gasteiger partial charge in [-0.2, -0.15) is 0 Å². The van der Waals surface area contributed by atoms with E-state index in [0.717, 1.165) is 18.7 Å². The molecule has 1 rings (SSSR count). The molecule has 0 amide bonds. The summed E-state index contributed by atoms with van der Waals surface area (Å²) in [7, 11) is 4.28. The molecule has 20 heavy (non-hydrogen) atoms. The Hall–Kier alpha value is -0.160. The maximum Gasteiger partial charge on any atom is 0.0928 e. The van der Waals surface area contributed by atoms with Crippen LogP contribution in [0, 0.1) is 0 Å². The molecule has 1 heterocycles. The molecule has 0 spiro atoms. The van der Waals surface area contributed by atoms with Crippen LogP contribution in [0.25, 0.3) is 0 Å². The lowest BCUT2D eigenvalue weighted by atomic mass is 10.2. The summed E-state index contributed by atoms with van der Waals surface area (Å²) in [5, 5.41) is 3.30. The second-order valence-electron chi connectivity index (χ2n) is 5.41. The van der Waals surface area contributed by atoms with E-state index < -0.39 is 0 Å². The summed E-state index contributed by atoms with van der Waals surface area (Å²) in [4.78, 5) is 9.31. The zero-order chi connectivity index (χ0) is 14.8. The first-order valence-electron chi connectivity index (χ1n) is 7.52. The number of rotatable bonds is 11. The largest absolute Gasteiger partial charge is 0.309 e.